The fourth-order valence-corrected chi connectivity index (χ4v) is 3.42. The maximum absolute atomic E-state index is 12.6. The minimum atomic E-state index is -0.0241. The highest BCUT2D eigenvalue weighted by Crippen LogP contribution is 2.19. The highest BCUT2D eigenvalue weighted by Gasteiger charge is 2.28. The Morgan fingerprint density at radius 3 is 3.04 bits per heavy atom. The topological polar surface area (TPSA) is 63.1 Å². The molecule has 6 nitrogen and oxygen atoms in total. The first-order valence-electron chi connectivity index (χ1n) is 9.12. The quantitative estimate of drug-likeness (QED) is 0.784. The second kappa shape index (κ2) is 8.76. The average Bonchev–Trinajstić information content (AvgIpc) is 3.05. The van der Waals surface area contributed by atoms with E-state index >= 15 is 0 Å². The largest absolute Gasteiger partial charge is 0.355 e. The number of likely N-dealkylation sites (tertiary alicyclic amines) is 1. The lowest BCUT2D eigenvalue weighted by molar-refractivity contribution is -0.127. The van der Waals surface area contributed by atoms with E-state index in [1.807, 2.05) is 31.6 Å². The van der Waals surface area contributed by atoms with Gasteiger partial charge in [0.05, 0.1) is 6.04 Å². The van der Waals surface area contributed by atoms with Crippen LogP contribution in [-0.4, -0.2) is 44.5 Å². The Balaban J connectivity index is 1.48. The molecule has 1 saturated heterocycles. The predicted octanol–water partition coefficient (Wildman–Crippen LogP) is 2.15. The van der Waals surface area contributed by atoms with Crippen molar-refractivity contribution >= 4 is 5.91 Å². The Morgan fingerprint density at radius 2 is 2.28 bits per heavy atom. The van der Waals surface area contributed by atoms with Crippen LogP contribution in [0.5, 0.6) is 0 Å². The SMILES string of the molecule is Cc1nccn1CCCNC(=O)[C@H]1CCCCN1Cc1cccnc1. The molecule has 0 bridgehead atoms. The Bertz CT molecular complexity index is 669. The van der Waals surface area contributed by atoms with Crippen LogP contribution < -0.4 is 5.32 Å². The number of piperidine rings is 1. The van der Waals surface area contributed by atoms with E-state index in [0.29, 0.717) is 6.54 Å². The lowest BCUT2D eigenvalue weighted by atomic mass is 10.0. The van der Waals surface area contributed by atoms with Gasteiger partial charge in [0.1, 0.15) is 5.82 Å². The smallest absolute Gasteiger partial charge is 0.237 e. The van der Waals surface area contributed by atoms with Crippen LogP contribution in [0.1, 0.15) is 37.1 Å². The number of hydrogen-bond acceptors (Lipinski definition) is 4. The summed E-state index contributed by atoms with van der Waals surface area (Å²) in [5.41, 5.74) is 1.16. The van der Waals surface area contributed by atoms with Gasteiger partial charge in [0.15, 0.2) is 0 Å². The zero-order chi connectivity index (χ0) is 17.5. The van der Waals surface area contributed by atoms with E-state index in [-0.39, 0.29) is 11.9 Å². The van der Waals surface area contributed by atoms with Gasteiger partial charge in [-0.1, -0.05) is 12.5 Å². The van der Waals surface area contributed by atoms with Crippen molar-refractivity contribution < 1.29 is 4.79 Å². The van der Waals surface area contributed by atoms with E-state index in [1.54, 1.807) is 6.20 Å². The first-order chi connectivity index (χ1) is 12.2. The molecule has 0 unspecified atom stereocenters. The van der Waals surface area contributed by atoms with Gasteiger partial charge in [0, 0.05) is 44.4 Å². The fraction of sp³-hybridized carbons (Fsp3) is 0.526. The molecule has 1 aliphatic rings. The van der Waals surface area contributed by atoms with Gasteiger partial charge < -0.3 is 9.88 Å². The van der Waals surface area contributed by atoms with Crippen molar-refractivity contribution in [2.75, 3.05) is 13.1 Å². The van der Waals surface area contributed by atoms with E-state index in [0.717, 1.165) is 56.7 Å². The number of hydrogen-bond donors (Lipinski definition) is 1. The van der Waals surface area contributed by atoms with Crippen molar-refractivity contribution in [1.82, 2.24) is 24.8 Å². The van der Waals surface area contributed by atoms with Crippen LogP contribution in [0.4, 0.5) is 0 Å². The van der Waals surface area contributed by atoms with Crippen LogP contribution in [0.2, 0.25) is 0 Å². The molecule has 0 spiro atoms. The molecule has 3 rings (SSSR count). The average molecular weight is 341 g/mol. The molecule has 1 atom stereocenters. The van der Waals surface area contributed by atoms with Gasteiger partial charge in [0.2, 0.25) is 5.91 Å². The summed E-state index contributed by atoms with van der Waals surface area (Å²) < 4.78 is 2.11. The van der Waals surface area contributed by atoms with Gasteiger partial charge >= 0.3 is 0 Å². The zero-order valence-electron chi connectivity index (χ0n) is 14.9. The van der Waals surface area contributed by atoms with Crippen molar-refractivity contribution in [2.24, 2.45) is 0 Å². The molecule has 134 valence electrons. The number of carbonyl (C=O) groups is 1. The number of imidazole rings is 1. The van der Waals surface area contributed by atoms with E-state index in [2.05, 4.69) is 30.8 Å². The van der Waals surface area contributed by atoms with Crippen molar-refractivity contribution in [1.29, 1.82) is 0 Å². The van der Waals surface area contributed by atoms with Crippen molar-refractivity contribution in [2.45, 2.75) is 51.7 Å². The number of carbonyl (C=O) groups excluding carboxylic acids is 1. The van der Waals surface area contributed by atoms with Crippen LogP contribution in [0.25, 0.3) is 0 Å². The van der Waals surface area contributed by atoms with E-state index in [1.165, 1.54) is 0 Å². The van der Waals surface area contributed by atoms with Crippen LogP contribution in [0.3, 0.4) is 0 Å². The van der Waals surface area contributed by atoms with Crippen molar-refractivity contribution in [3.8, 4) is 0 Å². The number of nitrogens with zero attached hydrogens (tertiary/aromatic N) is 4. The molecule has 25 heavy (non-hydrogen) atoms. The minimum Gasteiger partial charge on any atom is -0.355 e. The van der Waals surface area contributed by atoms with Crippen LogP contribution in [0.15, 0.2) is 36.9 Å². The van der Waals surface area contributed by atoms with Crippen LogP contribution in [0, 0.1) is 6.92 Å². The lowest BCUT2D eigenvalue weighted by Crippen LogP contribution is -2.49. The molecule has 0 aromatic carbocycles. The minimum absolute atomic E-state index is 0.0241. The van der Waals surface area contributed by atoms with Gasteiger partial charge in [-0.25, -0.2) is 4.98 Å². The monoisotopic (exact) mass is 341 g/mol. The summed E-state index contributed by atoms with van der Waals surface area (Å²) in [7, 11) is 0. The molecule has 2 aromatic rings. The van der Waals surface area contributed by atoms with Crippen LogP contribution in [-0.2, 0) is 17.9 Å². The molecular formula is C19H27N5O. The Morgan fingerprint density at radius 1 is 1.36 bits per heavy atom. The molecule has 3 heterocycles. The normalized spacial score (nSPS) is 18.2. The summed E-state index contributed by atoms with van der Waals surface area (Å²) in [4.78, 5) is 23.3. The molecule has 0 radical (unpaired) electrons. The van der Waals surface area contributed by atoms with Crippen molar-refractivity contribution in [3.63, 3.8) is 0 Å². The summed E-state index contributed by atoms with van der Waals surface area (Å²) >= 11 is 0. The maximum atomic E-state index is 12.6. The van der Waals surface area contributed by atoms with Crippen molar-refractivity contribution in [3.05, 3.63) is 48.3 Å². The number of aromatic nitrogens is 3. The standard InChI is InChI=1S/C19H27N5O/c1-16-21-10-13-23(16)12-5-9-22-19(25)18-7-2-3-11-24(18)15-17-6-4-8-20-14-17/h4,6,8,10,13-14,18H,2-3,5,7,9,11-12,15H2,1H3,(H,22,25)/t18-/m1/s1. The first-order valence-corrected chi connectivity index (χ1v) is 9.12. The maximum Gasteiger partial charge on any atom is 0.237 e. The summed E-state index contributed by atoms with van der Waals surface area (Å²) in [6.45, 7) is 5.35. The van der Waals surface area contributed by atoms with Crippen LogP contribution >= 0.6 is 0 Å². The first kappa shape index (κ1) is 17.6. The molecule has 6 heteroatoms. The summed E-state index contributed by atoms with van der Waals surface area (Å²) in [5.74, 6) is 1.17. The van der Waals surface area contributed by atoms with Gasteiger partial charge in [0.25, 0.3) is 0 Å². The van der Waals surface area contributed by atoms with E-state index in [4.69, 9.17) is 0 Å². The Kier molecular flexibility index (Phi) is 6.17. The molecule has 1 fully saturated rings. The Labute approximate surface area is 149 Å². The zero-order valence-corrected chi connectivity index (χ0v) is 14.9. The van der Waals surface area contributed by atoms with E-state index < -0.39 is 0 Å². The summed E-state index contributed by atoms with van der Waals surface area (Å²) in [6, 6.07) is 4.00. The number of amides is 1. The van der Waals surface area contributed by atoms with Gasteiger partial charge in [-0.3, -0.25) is 14.7 Å². The predicted molar refractivity (Wildman–Crippen MR) is 96.9 cm³/mol. The molecule has 0 aliphatic carbocycles. The van der Waals surface area contributed by atoms with Gasteiger partial charge in [-0.15, -0.1) is 0 Å². The second-order valence-corrected chi connectivity index (χ2v) is 6.66. The Hall–Kier alpha value is -2.21. The third-order valence-electron chi connectivity index (χ3n) is 4.82. The molecule has 1 amide bonds. The fourth-order valence-electron chi connectivity index (χ4n) is 3.42. The number of pyridine rings is 1. The number of nitrogens with one attached hydrogen (secondary N) is 1. The van der Waals surface area contributed by atoms with Gasteiger partial charge in [-0.05, 0) is 44.4 Å². The third-order valence-corrected chi connectivity index (χ3v) is 4.82. The molecular weight excluding hydrogens is 314 g/mol. The third kappa shape index (κ3) is 4.89. The summed E-state index contributed by atoms with van der Waals surface area (Å²) in [5, 5.41) is 3.12. The molecule has 0 saturated carbocycles. The number of aryl methyl sites for hydroxylation is 2. The summed E-state index contributed by atoms with van der Waals surface area (Å²) in [6.07, 6.45) is 11.6. The van der Waals surface area contributed by atoms with E-state index in [9.17, 15) is 4.79 Å². The highest BCUT2D eigenvalue weighted by molar-refractivity contribution is 5.81. The van der Waals surface area contributed by atoms with Gasteiger partial charge in [-0.2, -0.15) is 0 Å². The highest BCUT2D eigenvalue weighted by atomic mass is 16.2. The molecule has 1 N–H and O–H groups in total. The number of rotatable bonds is 7. The molecule has 2 aromatic heterocycles. The molecule has 1 aliphatic heterocycles. The lowest BCUT2D eigenvalue weighted by Gasteiger charge is -2.34. The second-order valence-electron chi connectivity index (χ2n) is 6.66.